The predicted octanol–water partition coefficient (Wildman–Crippen LogP) is 4.72. The van der Waals surface area contributed by atoms with E-state index in [1.54, 1.807) is 11.3 Å². The summed E-state index contributed by atoms with van der Waals surface area (Å²) in [6.07, 6.45) is 1.09. The van der Waals surface area contributed by atoms with E-state index in [9.17, 15) is 0 Å². The number of hydrogen-bond acceptors (Lipinski definition) is 1. The second-order valence-electron chi connectivity index (χ2n) is 2.88. The highest BCUT2D eigenvalue weighted by atomic mass is 127. The summed E-state index contributed by atoms with van der Waals surface area (Å²) in [6, 6.07) is 4.42. The summed E-state index contributed by atoms with van der Waals surface area (Å²) in [4.78, 5) is 0. The van der Waals surface area contributed by atoms with Crippen LogP contribution in [0.25, 0.3) is 10.1 Å². The van der Waals surface area contributed by atoms with E-state index in [1.807, 2.05) is 5.38 Å². The van der Waals surface area contributed by atoms with Crippen molar-refractivity contribution in [1.29, 1.82) is 0 Å². The molecule has 0 atom stereocenters. The molecule has 0 aliphatic heterocycles. The van der Waals surface area contributed by atoms with Gasteiger partial charge in [-0.25, -0.2) is 0 Å². The molecule has 1 aromatic heterocycles. The van der Waals surface area contributed by atoms with Gasteiger partial charge in [-0.2, -0.15) is 0 Å². The number of thiophene rings is 1. The van der Waals surface area contributed by atoms with E-state index >= 15 is 0 Å². The molecule has 13 heavy (non-hydrogen) atoms. The molecule has 0 bridgehead atoms. The van der Waals surface area contributed by atoms with Crippen molar-refractivity contribution in [2.24, 2.45) is 0 Å². The van der Waals surface area contributed by atoms with E-state index < -0.39 is 0 Å². The Labute approximate surface area is 100 Å². The zero-order valence-corrected chi connectivity index (χ0v) is 10.8. The van der Waals surface area contributed by atoms with Crippen molar-refractivity contribution < 1.29 is 0 Å². The van der Waals surface area contributed by atoms with Gasteiger partial charge in [-0.1, -0.05) is 18.5 Å². The van der Waals surface area contributed by atoms with Gasteiger partial charge in [-0.05, 0) is 46.7 Å². The van der Waals surface area contributed by atoms with Gasteiger partial charge >= 0.3 is 0 Å². The largest absolute Gasteiger partial charge is 0.142 e. The SMILES string of the molecule is CCc1cc2scc(Cl)c2cc1I. The molecule has 0 unspecified atom stereocenters. The highest BCUT2D eigenvalue weighted by molar-refractivity contribution is 14.1. The first-order chi connectivity index (χ1) is 6.22. The number of fused-ring (bicyclic) bond motifs is 1. The van der Waals surface area contributed by atoms with Crippen LogP contribution in [0.1, 0.15) is 12.5 Å². The Bertz CT molecular complexity index is 447. The van der Waals surface area contributed by atoms with Crippen molar-refractivity contribution in [3.8, 4) is 0 Å². The standard InChI is InChI=1S/C10H8ClIS/c1-2-6-3-10-7(4-9(6)12)8(11)5-13-10/h3-5H,2H2,1H3. The van der Waals surface area contributed by atoms with Crippen molar-refractivity contribution >= 4 is 55.6 Å². The van der Waals surface area contributed by atoms with E-state index in [2.05, 4.69) is 41.6 Å². The number of benzene rings is 1. The second-order valence-corrected chi connectivity index (χ2v) is 5.36. The van der Waals surface area contributed by atoms with Crippen molar-refractivity contribution in [2.75, 3.05) is 0 Å². The van der Waals surface area contributed by atoms with Gasteiger partial charge in [0, 0.05) is 19.0 Å². The van der Waals surface area contributed by atoms with Gasteiger partial charge in [0.2, 0.25) is 0 Å². The minimum Gasteiger partial charge on any atom is -0.142 e. The second kappa shape index (κ2) is 3.75. The normalized spacial score (nSPS) is 11.0. The summed E-state index contributed by atoms with van der Waals surface area (Å²) in [6.45, 7) is 2.18. The summed E-state index contributed by atoms with van der Waals surface area (Å²) in [5, 5.41) is 4.07. The molecular formula is C10H8ClIS. The average Bonchev–Trinajstić information content (AvgIpc) is 2.47. The third kappa shape index (κ3) is 1.72. The van der Waals surface area contributed by atoms with E-state index in [4.69, 9.17) is 11.6 Å². The molecule has 3 heteroatoms. The summed E-state index contributed by atoms with van der Waals surface area (Å²) >= 11 is 10.1. The maximum Gasteiger partial charge on any atom is 0.0592 e. The number of aryl methyl sites for hydroxylation is 1. The first kappa shape index (κ1) is 9.74. The van der Waals surface area contributed by atoms with Crippen LogP contribution < -0.4 is 0 Å². The molecule has 0 amide bonds. The number of hydrogen-bond donors (Lipinski definition) is 0. The number of rotatable bonds is 1. The smallest absolute Gasteiger partial charge is 0.0592 e. The minimum atomic E-state index is 0.876. The summed E-state index contributed by atoms with van der Waals surface area (Å²) < 4.78 is 2.61. The minimum absolute atomic E-state index is 0.876. The van der Waals surface area contributed by atoms with Crippen LogP contribution in [0.5, 0.6) is 0 Å². The molecule has 2 rings (SSSR count). The van der Waals surface area contributed by atoms with Gasteiger partial charge < -0.3 is 0 Å². The quantitative estimate of drug-likeness (QED) is 0.666. The Hall–Kier alpha value is 0.200. The van der Waals surface area contributed by atoms with E-state index in [0.717, 1.165) is 11.4 Å². The molecule has 1 heterocycles. The zero-order chi connectivity index (χ0) is 9.42. The molecule has 0 aliphatic rings. The first-order valence-corrected chi connectivity index (χ1v) is 6.41. The van der Waals surface area contributed by atoms with Crippen molar-refractivity contribution in [2.45, 2.75) is 13.3 Å². The van der Waals surface area contributed by atoms with Gasteiger partial charge in [-0.3, -0.25) is 0 Å². The van der Waals surface area contributed by atoms with Crippen LogP contribution in [0.2, 0.25) is 5.02 Å². The molecule has 1 aromatic carbocycles. The van der Waals surface area contributed by atoms with Crippen LogP contribution in [-0.2, 0) is 6.42 Å². The van der Waals surface area contributed by atoms with E-state index in [0.29, 0.717) is 0 Å². The van der Waals surface area contributed by atoms with Gasteiger partial charge in [0.15, 0.2) is 0 Å². The summed E-state index contributed by atoms with van der Waals surface area (Å²) in [7, 11) is 0. The highest BCUT2D eigenvalue weighted by Crippen LogP contribution is 2.32. The predicted molar refractivity (Wildman–Crippen MR) is 68.9 cm³/mol. The maximum atomic E-state index is 6.05. The fourth-order valence-electron chi connectivity index (χ4n) is 1.33. The van der Waals surface area contributed by atoms with Gasteiger partial charge in [-0.15, -0.1) is 11.3 Å². The third-order valence-corrected chi connectivity index (χ3v) is 4.47. The summed E-state index contributed by atoms with van der Waals surface area (Å²) in [5.74, 6) is 0. The molecular weight excluding hydrogens is 315 g/mol. The number of halogens is 2. The van der Waals surface area contributed by atoms with Gasteiger partial charge in [0.05, 0.1) is 5.02 Å². The molecule has 0 saturated carbocycles. The average molecular weight is 323 g/mol. The molecule has 0 saturated heterocycles. The van der Waals surface area contributed by atoms with Crippen molar-refractivity contribution in [3.05, 3.63) is 31.7 Å². The first-order valence-electron chi connectivity index (χ1n) is 4.07. The highest BCUT2D eigenvalue weighted by Gasteiger charge is 2.05. The fraction of sp³-hybridized carbons (Fsp3) is 0.200. The van der Waals surface area contributed by atoms with Crippen LogP contribution in [-0.4, -0.2) is 0 Å². The van der Waals surface area contributed by atoms with Gasteiger partial charge in [0.25, 0.3) is 0 Å². The molecule has 0 aliphatic carbocycles. The Kier molecular flexibility index (Phi) is 2.81. The van der Waals surface area contributed by atoms with Crippen molar-refractivity contribution in [3.63, 3.8) is 0 Å². The Morgan fingerprint density at radius 1 is 1.46 bits per heavy atom. The zero-order valence-electron chi connectivity index (χ0n) is 7.10. The van der Waals surface area contributed by atoms with Crippen molar-refractivity contribution in [1.82, 2.24) is 0 Å². The lowest BCUT2D eigenvalue weighted by molar-refractivity contribution is 1.13. The summed E-state index contributed by atoms with van der Waals surface area (Å²) in [5.41, 5.74) is 1.41. The van der Waals surface area contributed by atoms with E-state index in [-0.39, 0.29) is 0 Å². The van der Waals surface area contributed by atoms with Crippen LogP contribution in [0.15, 0.2) is 17.5 Å². The lowest BCUT2D eigenvalue weighted by Crippen LogP contribution is -1.84. The maximum absolute atomic E-state index is 6.05. The van der Waals surface area contributed by atoms with Gasteiger partial charge in [0.1, 0.15) is 0 Å². The fourth-order valence-corrected chi connectivity index (χ4v) is 3.39. The van der Waals surface area contributed by atoms with Crippen LogP contribution in [0, 0.1) is 3.57 Å². The molecule has 0 fully saturated rings. The molecule has 2 aromatic rings. The van der Waals surface area contributed by atoms with Crippen LogP contribution >= 0.6 is 45.5 Å². The Morgan fingerprint density at radius 2 is 2.23 bits per heavy atom. The Morgan fingerprint density at radius 3 is 2.92 bits per heavy atom. The topological polar surface area (TPSA) is 0 Å². The lowest BCUT2D eigenvalue weighted by Gasteiger charge is -2.01. The van der Waals surface area contributed by atoms with Crippen LogP contribution in [0.4, 0.5) is 0 Å². The third-order valence-electron chi connectivity index (χ3n) is 2.08. The van der Waals surface area contributed by atoms with Crippen LogP contribution in [0.3, 0.4) is 0 Å². The monoisotopic (exact) mass is 322 g/mol. The molecule has 0 N–H and O–H groups in total. The molecule has 0 radical (unpaired) electrons. The molecule has 0 spiro atoms. The Balaban J connectivity index is 2.76. The molecule has 0 nitrogen and oxygen atoms in total. The molecule has 68 valence electrons. The van der Waals surface area contributed by atoms with E-state index in [1.165, 1.54) is 19.2 Å². The lowest BCUT2D eigenvalue weighted by atomic mass is 10.1.